The second-order valence-corrected chi connectivity index (χ2v) is 5.37. The van der Waals surface area contributed by atoms with E-state index in [2.05, 4.69) is 22.1 Å². The quantitative estimate of drug-likeness (QED) is 0.917. The van der Waals surface area contributed by atoms with Gasteiger partial charge < -0.3 is 10.2 Å². The second kappa shape index (κ2) is 7.27. The first-order valence-corrected chi connectivity index (χ1v) is 7.77. The average molecular weight is 275 g/mol. The summed E-state index contributed by atoms with van der Waals surface area (Å²) >= 11 is 0. The van der Waals surface area contributed by atoms with Gasteiger partial charge in [0.05, 0.1) is 0 Å². The van der Waals surface area contributed by atoms with Gasteiger partial charge in [-0.2, -0.15) is 0 Å². The van der Waals surface area contributed by atoms with Gasteiger partial charge in [0.1, 0.15) is 5.82 Å². The zero-order chi connectivity index (χ0) is 14.4. The van der Waals surface area contributed by atoms with Crippen LogP contribution in [0.1, 0.15) is 56.3 Å². The molecule has 2 heterocycles. The Kier molecular flexibility index (Phi) is 5.39. The highest BCUT2D eigenvalue weighted by Gasteiger charge is 2.25. The van der Waals surface area contributed by atoms with Gasteiger partial charge in [-0.25, -0.2) is 4.98 Å². The predicted molar refractivity (Wildman–Crippen MR) is 82.0 cm³/mol. The molecule has 0 aliphatic carbocycles. The molecule has 4 nitrogen and oxygen atoms in total. The van der Waals surface area contributed by atoms with E-state index in [0.717, 1.165) is 43.7 Å². The molecule has 2 rings (SSSR count). The number of rotatable bonds is 4. The molecule has 1 N–H and O–H groups in total. The van der Waals surface area contributed by atoms with Gasteiger partial charge in [0.2, 0.25) is 0 Å². The Balaban J connectivity index is 2.17. The zero-order valence-corrected chi connectivity index (χ0v) is 12.6. The fourth-order valence-electron chi connectivity index (χ4n) is 2.88. The van der Waals surface area contributed by atoms with Crippen LogP contribution in [0.2, 0.25) is 0 Å². The first kappa shape index (κ1) is 14.8. The summed E-state index contributed by atoms with van der Waals surface area (Å²) in [5, 5.41) is 3.16. The van der Waals surface area contributed by atoms with Gasteiger partial charge in [-0.3, -0.25) is 4.79 Å². The van der Waals surface area contributed by atoms with Crippen molar-refractivity contribution in [2.75, 3.05) is 18.4 Å². The molecule has 0 spiro atoms. The third kappa shape index (κ3) is 3.50. The van der Waals surface area contributed by atoms with E-state index in [1.165, 1.54) is 12.8 Å². The van der Waals surface area contributed by atoms with Crippen LogP contribution in [0.25, 0.3) is 0 Å². The van der Waals surface area contributed by atoms with Crippen molar-refractivity contribution in [3.8, 4) is 0 Å². The minimum Gasteiger partial charge on any atom is -0.370 e. The Morgan fingerprint density at radius 2 is 2.25 bits per heavy atom. The Bertz CT molecular complexity index is 447. The molecular weight excluding hydrogens is 250 g/mol. The monoisotopic (exact) mass is 275 g/mol. The van der Waals surface area contributed by atoms with Gasteiger partial charge in [-0.15, -0.1) is 0 Å². The highest BCUT2D eigenvalue weighted by Crippen LogP contribution is 2.21. The lowest BCUT2D eigenvalue weighted by molar-refractivity contribution is 0.0678. The molecule has 1 aliphatic rings. The van der Waals surface area contributed by atoms with Crippen LogP contribution in [0, 0.1) is 0 Å². The fourth-order valence-corrected chi connectivity index (χ4v) is 2.88. The van der Waals surface area contributed by atoms with Crippen LogP contribution >= 0.6 is 0 Å². The summed E-state index contributed by atoms with van der Waals surface area (Å²) in [6.07, 6.45) is 7.47. The highest BCUT2D eigenvalue weighted by molar-refractivity contribution is 5.95. The van der Waals surface area contributed by atoms with Crippen LogP contribution in [0.15, 0.2) is 18.3 Å². The third-order valence-electron chi connectivity index (χ3n) is 3.97. The van der Waals surface area contributed by atoms with Crippen molar-refractivity contribution in [1.82, 2.24) is 9.88 Å². The van der Waals surface area contributed by atoms with Crippen LogP contribution in [-0.2, 0) is 0 Å². The fraction of sp³-hybridized carbons (Fsp3) is 0.625. The van der Waals surface area contributed by atoms with Crippen molar-refractivity contribution >= 4 is 11.7 Å². The summed E-state index contributed by atoms with van der Waals surface area (Å²) in [5.41, 5.74) is 0.747. The van der Waals surface area contributed by atoms with Crippen molar-refractivity contribution < 1.29 is 4.79 Å². The number of amides is 1. The molecule has 1 saturated heterocycles. The highest BCUT2D eigenvalue weighted by atomic mass is 16.2. The Morgan fingerprint density at radius 1 is 1.40 bits per heavy atom. The van der Waals surface area contributed by atoms with Gasteiger partial charge in [0.25, 0.3) is 5.91 Å². The zero-order valence-electron chi connectivity index (χ0n) is 12.6. The predicted octanol–water partition coefficient (Wildman–Crippen LogP) is 3.31. The number of carbonyl (C=O) groups is 1. The number of nitrogens with one attached hydrogen (secondary N) is 1. The van der Waals surface area contributed by atoms with Crippen LogP contribution in [-0.4, -0.2) is 34.9 Å². The van der Waals surface area contributed by atoms with Gasteiger partial charge in [0, 0.05) is 30.9 Å². The second-order valence-electron chi connectivity index (χ2n) is 5.37. The molecule has 20 heavy (non-hydrogen) atoms. The number of anilines is 1. The largest absolute Gasteiger partial charge is 0.370 e. The summed E-state index contributed by atoms with van der Waals surface area (Å²) in [7, 11) is 0. The summed E-state index contributed by atoms with van der Waals surface area (Å²) in [6, 6.07) is 4.07. The molecule has 1 aromatic heterocycles. The minimum absolute atomic E-state index is 0.153. The van der Waals surface area contributed by atoms with Gasteiger partial charge >= 0.3 is 0 Å². The van der Waals surface area contributed by atoms with E-state index >= 15 is 0 Å². The minimum atomic E-state index is 0.153. The first-order valence-electron chi connectivity index (χ1n) is 7.77. The summed E-state index contributed by atoms with van der Waals surface area (Å²) < 4.78 is 0. The average Bonchev–Trinajstić information content (AvgIpc) is 2.72. The van der Waals surface area contributed by atoms with E-state index < -0.39 is 0 Å². The summed E-state index contributed by atoms with van der Waals surface area (Å²) in [4.78, 5) is 19.0. The topological polar surface area (TPSA) is 45.2 Å². The molecule has 0 bridgehead atoms. The molecular formula is C16H25N3O. The number of pyridine rings is 1. The van der Waals surface area contributed by atoms with Crippen LogP contribution in [0.3, 0.4) is 0 Å². The van der Waals surface area contributed by atoms with Gasteiger partial charge in [0.15, 0.2) is 0 Å². The molecule has 110 valence electrons. The van der Waals surface area contributed by atoms with Crippen molar-refractivity contribution in [2.24, 2.45) is 0 Å². The molecule has 0 aromatic carbocycles. The third-order valence-corrected chi connectivity index (χ3v) is 3.97. The molecule has 1 fully saturated rings. The van der Waals surface area contributed by atoms with Crippen LogP contribution < -0.4 is 5.32 Å². The van der Waals surface area contributed by atoms with Crippen LogP contribution in [0.5, 0.6) is 0 Å². The SMILES string of the molecule is CCNc1cc(C(=O)N2CCCCCC2CC)ccn1. The molecule has 0 radical (unpaired) electrons. The van der Waals surface area contributed by atoms with E-state index in [4.69, 9.17) is 0 Å². The number of carbonyl (C=O) groups excluding carboxylic acids is 1. The molecule has 1 atom stereocenters. The normalized spacial score (nSPS) is 19.5. The molecule has 0 saturated carbocycles. The van der Waals surface area contributed by atoms with Crippen molar-refractivity contribution in [1.29, 1.82) is 0 Å². The summed E-state index contributed by atoms with van der Waals surface area (Å²) in [5.74, 6) is 0.932. The van der Waals surface area contributed by atoms with Crippen molar-refractivity contribution in [2.45, 2.75) is 52.0 Å². The number of hydrogen-bond acceptors (Lipinski definition) is 3. The van der Waals surface area contributed by atoms with Crippen molar-refractivity contribution in [3.05, 3.63) is 23.9 Å². The lowest BCUT2D eigenvalue weighted by atomic mass is 10.1. The van der Waals surface area contributed by atoms with E-state index in [1.54, 1.807) is 6.20 Å². The Hall–Kier alpha value is -1.58. The van der Waals surface area contributed by atoms with E-state index in [1.807, 2.05) is 19.1 Å². The number of hydrogen-bond donors (Lipinski definition) is 1. The maximum atomic E-state index is 12.7. The van der Waals surface area contributed by atoms with E-state index in [9.17, 15) is 4.79 Å². The van der Waals surface area contributed by atoms with Gasteiger partial charge in [-0.1, -0.05) is 19.8 Å². The van der Waals surface area contributed by atoms with E-state index in [-0.39, 0.29) is 5.91 Å². The first-order chi connectivity index (χ1) is 9.76. The standard InChI is InChI=1S/C16H25N3O/c1-3-14-8-6-5-7-11-19(14)16(20)13-9-10-18-15(12-13)17-4-2/h9-10,12,14H,3-8,11H2,1-2H3,(H,17,18). The Labute approximate surface area is 121 Å². The number of likely N-dealkylation sites (tertiary alicyclic amines) is 1. The maximum Gasteiger partial charge on any atom is 0.254 e. The van der Waals surface area contributed by atoms with Crippen molar-refractivity contribution in [3.63, 3.8) is 0 Å². The molecule has 1 unspecified atom stereocenters. The number of nitrogens with zero attached hydrogens (tertiary/aromatic N) is 2. The lowest BCUT2D eigenvalue weighted by Gasteiger charge is -2.29. The Morgan fingerprint density at radius 3 is 3.00 bits per heavy atom. The lowest BCUT2D eigenvalue weighted by Crippen LogP contribution is -2.39. The maximum absolute atomic E-state index is 12.7. The number of aromatic nitrogens is 1. The molecule has 1 aliphatic heterocycles. The summed E-state index contributed by atoms with van der Waals surface area (Å²) in [6.45, 7) is 5.90. The molecule has 1 aromatic rings. The van der Waals surface area contributed by atoms with Gasteiger partial charge in [-0.05, 0) is 38.3 Å². The smallest absolute Gasteiger partial charge is 0.254 e. The molecule has 1 amide bonds. The van der Waals surface area contributed by atoms with E-state index in [0.29, 0.717) is 6.04 Å². The van der Waals surface area contributed by atoms with Crippen LogP contribution in [0.4, 0.5) is 5.82 Å². The molecule has 4 heteroatoms.